The number of halogens is 1. The first-order valence-corrected chi connectivity index (χ1v) is 6.17. The van der Waals surface area contributed by atoms with E-state index in [-0.39, 0.29) is 11.6 Å². The molecule has 5 nitrogen and oxygen atoms in total. The Bertz CT molecular complexity index is 570. The molecule has 0 fully saturated rings. The number of nitrogens with one attached hydrogen (secondary N) is 1. The van der Waals surface area contributed by atoms with Crippen molar-refractivity contribution in [2.24, 2.45) is 0 Å². The number of likely N-dealkylation sites (N-methyl/N-ethyl adjacent to an activating group) is 1. The second-order valence-electron chi connectivity index (χ2n) is 4.56. The molecule has 0 aliphatic rings. The van der Waals surface area contributed by atoms with Crippen molar-refractivity contribution in [2.75, 3.05) is 20.6 Å². The minimum Gasteiger partial charge on any atom is -0.468 e. The third-order valence-corrected chi connectivity index (χ3v) is 2.97. The molecular weight excluding hydrogens is 261 g/mol. The Balaban J connectivity index is 2.03. The lowest BCUT2D eigenvalue weighted by molar-refractivity contribution is 0.0935. The van der Waals surface area contributed by atoms with Crippen molar-refractivity contribution >= 4 is 5.91 Å². The highest BCUT2D eigenvalue weighted by atomic mass is 19.1. The van der Waals surface area contributed by atoms with E-state index in [9.17, 15) is 9.18 Å². The summed E-state index contributed by atoms with van der Waals surface area (Å²) in [6.07, 6.45) is 3.98. The van der Waals surface area contributed by atoms with Gasteiger partial charge in [-0.25, -0.2) is 4.39 Å². The zero-order valence-corrected chi connectivity index (χ0v) is 11.3. The van der Waals surface area contributed by atoms with Crippen molar-refractivity contribution in [2.45, 2.75) is 6.04 Å². The summed E-state index contributed by atoms with van der Waals surface area (Å²) >= 11 is 0. The molecule has 1 atom stereocenters. The van der Waals surface area contributed by atoms with E-state index < -0.39 is 11.7 Å². The Morgan fingerprint density at radius 3 is 2.90 bits per heavy atom. The summed E-state index contributed by atoms with van der Waals surface area (Å²) in [5.41, 5.74) is -0.0167. The lowest BCUT2D eigenvalue weighted by atomic mass is 10.2. The Morgan fingerprint density at radius 2 is 2.30 bits per heavy atom. The number of carbonyl (C=O) groups excluding carboxylic acids is 1. The van der Waals surface area contributed by atoms with Crippen molar-refractivity contribution in [1.29, 1.82) is 0 Å². The van der Waals surface area contributed by atoms with Gasteiger partial charge in [-0.05, 0) is 32.3 Å². The van der Waals surface area contributed by atoms with E-state index in [0.29, 0.717) is 6.54 Å². The molecule has 0 radical (unpaired) electrons. The predicted octanol–water partition coefficient (Wildman–Crippen LogP) is 1.85. The SMILES string of the molecule is CN(C)C(CNC(=O)c1ccncc1F)c1ccco1. The zero-order chi connectivity index (χ0) is 14.5. The molecule has 2 heterocycles. The van der Waals surface area contributed by atoms with E-state index in [4.69, 9.17) is 4.42 Å². The molecule has 0 saturated heterocycles. The number of furan rings is 1. The van der Waals surface area contributed by atoms with Gasteiger partial charge < -0.3 is 9.73 Å². The van der Waals surface area contributed by atoms with Crippen LogP contribution in [0.15, 0.2) is 41.3 Å². The number of rotatable bonds is 5. The van der Waals surface area contributed by atoms with Gasteiger partial charge in [-0.3, -0.25) is 14.7 Å². The quantitative estimate of drug-likeness (QED) is 0.906. The van der Waals surface area contributed by atoms with Crippen LogP contribution in [-0.4, -0.2) is 36.4 Å². The average molecular weight is 277 g/mol. The van der Waals surface area contributed by atoms with Crippen LogP contribution in [0.3, 0.4) is 0 Å². The Kier molecular flexibility index (Phi) is 4.47. The van der Waals surface area contributed by atoms with Crippen molar-refractivity contribution in [1.82, 2.24) is 15.2 Å². The number of amides is 1. The maximum atomic E-state index is 13.4. The van der Waals surface area contributed by atoms with E-state index in [1.165, 1.54) is 12.3 Å². The van der Waals surface area contributed by atoms with Crippen LogP contribution in [0.2, 0.25) is 0 Å². The van der Waals surface area contributed by atoms with E-state index in [1.54, 1.807) is 12.3 Å². The summed E-state index contributed by atoms with van der Waals surface area (Å²) < 4.78 is 18.8. The molecule has 1 amide bonds. The molecule has 106 valence electrons. The Hall–Kier alpha value is -2.21. The fourth-order valence-corrected chi connectivity index (χ4v) is 1.86. The first-order chi connectivity index (χ1) is 9.59. The molecule has 0 saturated carbocycles. The van der Waals surface area contributed by atoms with E-state index in [0.717, 1.165) is 12.0 Å². The summed E-state index contributed by atoms with van der Waals surface area (Å²) in [7, 11) is 3.76. The smallest absolute Gasteiger partial charge is 0.254 e. The molecule has 2 aromatic heterocycles. The van der Waals surface area contributed by atoms with Crippen LogP contribution in [0, 0.1) is 5.82 Å². The van der Waals surface area contributed by atoms with Gasteiger partial charge in [0.15, 0.2) is 5.82 Å². The lowest BCUT2D eigenvalue weighted by Gasteiger charge is -2.22. The summed E-state index contributed by atoms with van der Waals surface area (Å²) in [6, 6.07) is 4.86. The molecule has 1 unspecified atom stereocenters. The van der Waals surface area contributed by atoms with Gasteiger partial charge in [-0.2, -0.15) is 0 Å². The van der Waals surface area contributed by atoms with Gasteiger partial charge in [0.2, 0.25) is 0 Å². The van der Waals surface area contributed by atoms with Gasteiger partial charge in [0.05, 0.1) is 24.1 Å². The maximum Gasteiger partial charge on any atom is 0.254 e. The zero-order valence-electron chi connectivity index (χ0n) is 11.3. The van der Waals surface area contributed by atoms with Crippen LogP contribution in [0.4, 0.5) is 4.39 Å². The van der Waals surface area contributed by atoms with Gasteiger partial charge in [0, 0.05) is 12.7 Å². The summed E-state index contributed by atoms with van der Waals surface area (Å²) in [5, 5.41) is 2.70. The third kappa shape index (κ3) is 3.21. The van der Waals surface area contributed by atoms with Gasteiger partial charge >= 0.3 is 0 Å². The highest BCUT2D eigenvalue weighted by Crippen LogP contribution is 2.17. The van der Waals surface area contributed by atoms with Crippen LogP contribution in [0.25, 0.3) is 0 Å². The molecule has 1 N–H and O–H groups in total. The van der Waals surface area contributed by atoms with Gasteiger partial charge in [-0.15, -0.1) is 0 Å². The minimum absolute atomic E-state index is 0.0167. The number of aromatic nitrogens is 1. The van der Waals surface area contributed by atoms with E-state index in [2.05, 4.69) is 10.3 Å². The van der Waals surface area contributed by atoms with Crippen molar-refractivity contribution in [3.8, 4) is 0 Å². The number of hydrogen-bond donors (Lipinski definition) is 1. The van der Waals surface area contributed by atoms with Crippen LogP contribution in [-0.2, 0) is 0 Å². The topological polar surface area (TPSA) is 58.4 Å². The van der Waals surface area contributed by atoms with Crippen LogP contribution in [0.5, 0.6) is 0 Å². The summed E-state index contributed by atoms with van der Waals surface area (Å²) in [6.45, 7) is 0.321. The first kappa shape index (κ1) is 14.2. The predicted molar refractivity (Wildman–Crippen MR) is 71.7 cm³/mol. The Labute approximate surface area is 116 Å². The number of carbonyl (C=O) groups is 1. The molecule has 6 heteroatoms. The highest BCUT2D eigenvalue weighted by Gasteiger charge is 2.19. The number of hydrogen-bond acceptors (Lipinski definition) is 4. The Morgan fingerprint density at radius 1 is 1.50 bits per heavy atom. The fraction of sp³-hybridized carbons (Fsp3) is 0.286. The first-order valence-electron chi connectivity index (χ1n) is 6.17. The fourth-order valence-electron chi connectivity index (χ4n) is 1.86. The van der Waals surface area contributed by atoms with Crippen LogP contribution in [0.1, 0.15) is 22.2 Å². The second-order valence-corrected chi connectivity index (χ2v) is 4.56. The molecule has 0 aromatic carbocycles. The molecule has 0 aliphatic heterocycles. The molecular formula is C14H16FN3O2. The largest absolute Gasteiger partial charge is 0.468 e. The van der Waals surface area contributed by atoms with Crippen LogP contribution >= 0.6 is 0 Å². The highest BCUT2D eigenvalue weighted by molar-refractivity contribution is 5.94. The molecule has 0 aliphatic carbocycles. The third-order valence-electron chi connectivity index (χ3n) is 2.97. The van der Waals surface area contributed by atoms with Crippen LogP contribution < -0.4 is 5.32 Å². The maximum absolute atomic E-state index is 13.4. The number of pyridine rings is 1. The lowest BCUT2D eigenvalue weighted by Crippen LogP contribution is -2.34. The van der Waals surface area contributed by atoms with Gasteiger partial charge in [-0.1, -0.05) is 0 Å². The van der Waals surface area contributed by atoms with Crippen molar-refractivity contribution < 1.29 is 13.6 Å². The van der Waals surface area contributed by atoms with Crippen molar-refractivity contribution in [3.63, 3.8) is 0 Å². The monoisotopic (exact) mass is 277 g/mol. The molecule has 2 rings (SSSR count). The van der Waals surface area contributed by atoms with E-state index >= 15 is 0 Å². The minimum atomic E-state index is -0.635. The second kappa shape index (κ2) is 6.29. The van der Waals surface area contributed by atoms with E-state index in [1.807, 2.05) is 25.1 Å². The molecule has 2 aromatic rings. The average Bonchev–Trinajstić information content (AvgIpc) is 2.92. The normalized spacial score (nSPS) is 12.4. The van der Waals surface area contributed by atoms with Gasteiger partial charge in [0.1, 0.15) is 5.76 Å². The summed E-state index contributed by atoms with van der Waals surface area (Å²) in [4.78, 5) is 17.5. The molecule has 0 spiro atoms. The molecule has 20 heavy (non-hydrogen) atoms. The number of nitrogens with zero attached hydrogens (tertiary/aromatic N) is 2. The molecule has 0 bridgehead atoms. The standard InChI is InChI=1S/C14H16FN3O2/c1-18(2)12(13-4-3-7-20-13)9-17-14(19)10-5-6-16-8-11(10)15/h3-8,12H,9H2,1-2H3,(H,17,19). The van der Waals surface area contributed by atoms with Gasteiger partial charge in [0.25, 0.3) is 5.91 Å². The van der Waals surface area contributed by atoms with Crippen molar-refractivity contribution in [3.05, 3.63) is 54.0 Å². The summed E-state index contributed by atoms with van der Waals surface area (Å²) in [5.74, 6) is -0.363.